The van der Waals surface area contributed by atoms with Crippen LogP contribution in [0.1, 0.15) is 103 Å². The molecule has 0 aromatic carbocycles. The number of piperidine rings is 1. The molecule has 39 heavy (non-hydrogen) atoms. The molecule has 0 spiro atoms. The van der Waals surface area contributed by atoms with Crippen LogP contribution in [0.4, 0.5) is 13.6 Å². The molecule has 5 fully saturated rings. The first-order valence-electron chi connectivity index (χ1n) is 15.4. The van der Waals surface area contributed by atoms with Gasteiger partial charge in [-0.1, -0.05) is 18.5 Å². The van der Waals surface area contributed by atoms with Crippen LogP contribution in [-0.2, 0) is 5.41 Å². The van der Waals surface area contributed by atoms with Crippen LogP contribution >= 0.6 is 0 Å². The molecule has 2 aliphatic heterocycles. The molecular formula is C29H46F2N6O2. The van der Waals surface area contributed by atoms with E-state index in [1.54, 1.807) is 0 Å². The van der Waals surface area contributed by atoms with Crippen molar-refractivity contribution in [1.82, 2.24) is 30.2 Å². The van der Waals surface area contributed by atoms with Crippen molar-refractivity contribution >= 4 is 6.03 Å². The quantitative estimate of drug-likeness (QED) is 0.552. The lowest BCUT2D eigenvalue weighted by Gasteiger charge is -2.51. The van der Waals surface area contributed by atoms with E-state index in [0.717, 1.165) is 76.4 Å². The van der Waals surface area contributed by atoms with Crippen LogP contribution in [0.15, 0.2) is 4.52 Å². The van der Waals surface area contributed by atoms with Gasteiger partial charge in [-0.15, -0.1) is 0 Å². The Labute approximate surface area is 231 Å². The number of hydrogen-bond acceptors (Lipinski definition) is 6. The maximum atomic E-state index is 15.5. The summed E-state index contributed by atoms with van der Waals surface area (Å²) in [6, 6.07) is -1.34. The van der Waals surface area contributed by atoms with Crippen LogP contribution in [0, 0.1) is 5.92 Å². The standard InChI is InChI=1S/C29H46F2N6O2/c1-19(2)35-14-16-36(17-15-35)22-8-5-11-29(30,31)24(22)32-27(38)37-13-12-28(3,18-23(37)20-6-4-7-20)26-33-25(39-34-26)21-9-10-21/h19-24H,4-18H2,1-3H3,(H,32,38)/t22-,23?,24+,28?/m0/s1. The first kappa shape index (κ1) is 27.4. The minimum atomic E-state index is -2.91. The van der Waals surface area contributed by atoms with Gasteiger partial charge in [-0.05, 0) is 71.1 Å². The highest BCUT2D eigenvalue weighted by Gasteiger charge is 2.52. The lowest BCUT2D eigenvalue weighted by Crippen LogP contribution is -2.67. The SMILES string of the molecule is CC(C)N1CCN([C@H]2CCCC(F)(F)[C@@H]2NC(=O)N2CCC(C)(c3noc(C4CC4)n3)CC2C2CCC2)CC1. The number of likely N-dealkylation sites (tertiary alicyclic amines) is 1. The van der Waals surface area contributed by atoms with E-state index in [0.29, 0.717) is 43.7 Å². The minimum Gasteiger partial charge on any atom is -0.339 e. The Kier molecular flexibility index (Phi) is 7.40. The maximum absolute atomic E-state index is 15.5. The molecule has 1 aromatic heterocycles. The maximum Gasteiger partial charge on any atom is 0.318 e. The largest absolute Gasteiger partial charge is 0.339 e. The van der Waals surface area contributed by atoms with E-state index >= 15 is 8.78 Å². The van der Waals surface area contributed by atoms with Crippen molar-refractivity contribution in [2.75, 3.05) is 32.7 Å². The van der Waals surface area contributed by atoms with E-state index in [4.69, 9.17) is 9.51 Å². The lowest BCUT2D eigenvalue weighted by atomic mass is 9.68. The topological polar surface area (TPSA) is 77.7 Å². The van der Waals surface area contributed by atoms with Gasteiger partial charge in [0.15, 0.2) is 5.82 Å². The summed E-state index contributed by atoms with van der Waals surface area (Å²) >= 11 is 0. The fourth-order valence-corrected chi connectivity index (χ4v) is 7.43. The molecule has 3 heterocycles. The molecule has 3 aliphatic carbocycles. The van der Waals surface area contributed by atoms with E-state index in [2.05, 4.69) is 41.0 Å². The van der Waals surface area contributed by atoms with Gasteiger partial charge in [0.05, 0.1) is 0 Å². The van der Waals surface area contributed by atoms with Gasteiger partial charge in [-0.25, -0.2) is 13.6 Å². The van der Waals surface area contributed by atoms with Gasteiger partial charge in [-0.2, -0.15) is 4.98 Å². The minimum absolute atomic E-state index is 0.00521. The van der Waals surface area contributed by atoms with Crippen LogP contribution in [0.25, 0.3) is 0 Å². The third-order valence-corrected chi connectivity index (χ3v) is 10.5. The molecule has 1 aromatic rings. The second kappa shape index (κ2) is 10.5. The van der Waals surface area contributed by atoms with E-state index in [9.17, 15) is 4.79 Å². The molecule has 218 valence electrons. The van der Waals surface area contributed by atoms with Crippen LogP contribution < -0.4 is 5.32 Å². The van der Waals surface area contributed by atoms with Crippen molar-refractivity contribution in [3.63, 3.8) is 0 Å². The van der Waals surface area contributed by atoms with Crippen LogP contribution in [-0.4, -0.2) is 93.7 Å². The molecule has 2 saturated heterocycles. The van der Waals surface area contributed by atoms with Crippen molar-refractivity contribution in [3.05, 3.63) is 11.7 Å². The number of nitrogens with zero attached hydrogens (tertiary/aromatic N) is 5. The fourth-order valence-electron chi connectivity index (χ4n) is 7.43. The van der Waals surface area contributed by atoms with E-state index in [1.807, 2.05) is 4.90 Å². The van der Waals surface area contributed by atoms with Crippen molar-refractivity contribution in [2.24, 2.45) is 5.92 Å². The average molecular weight is 549 g/mol. The highest BCUT2D eigenvalue weighted by atomic mass is 19.3. The zero-order valence-corrected chi connectivity index (χ0v) is 23.9. The van der Waals surface area contributed by atoms with Gasteiger partial charge in [0, 0.05) is 68.6 Å². The molecule has 4 atom stereocenters. The van der Waals surface area contributed by atoms with Crippen molar-refractivity contribution < 1.29 is 18.1 Å². The second-order valence-corrected chi connectivity index (χ2v) is 13.5. The number of amides is 2. The Morgan fingerprint density at radius 3 is 2.38 bits per heavy atom. The summed E-state index contributed by atoms with van der Waals surface area (Å²) < 4.78 is 36.5. The number of urea groups is 1. The third kappa shape index (κ3) is 5.44. The summed E-state index contributed by atoms with van der Waals surface area (Å²) in [5, 5.41) is 7.28. The molecule has 5 aliphatic rings. The molecule has 6 rings (SSSR count). The number of rotatable bonds is 6. The van der Waals surface area contributed by atoms with Gasteiger partial charge in [0.25, 0.3) is 5.92 Å². The molecule has 3 saturated carbocycles. The highest BCUT2D eigenvalue weighted by molar-refractivity contribution is 5.75. The fraction of sp³-hybridized carbons (Fsp3) is 0.897. The van der Waals surface area contributed by atoms with E-state index in [1.165, 1.54) is 0 Å². The highest BCUT2D eigenvalue weighted by Crippen LogP contribution is 2.46. The van der Waals surface area contributed by atoms with E-state index < -0.39 is 12.0 Å². The number of aromatic nitrogens is 2. The molecule has 2 unspecified atom stereocenters. The molecule has 10 heteroatoms. The summed E-state index contributed by atoms with van der Waals surface area (Å²) in [7, 11) is 0. The van der Waals surface area contributed by atoms with Crippen LogP contribution in [0.2, 0.25) is 0 Å². The van der Waals surface area contributed by atoms with Gasteiger partial charge >= 0.3 is 6.03 Å². The third-order valence-electron chi connectivity index (χ3n) is 10.5. The Balaban J connectivity index is 1.17. The number of halogens is 2. The summed E-state index contributed by atoms with van der Waals surface area (Å²) in [5.74, 6) is -0.619. The predicted molar refractivity (Wildman–Crippen MR) is 144 cm³/mol. The number of carbonyl (C=O) groups is 1. The van der Waals surface area contributed by atoms with E-state index in [-0.39, 0.29) is 30.0 Å². The van der Waals surface area contributed by atoms with Crippen molar-refractivity contribution in [3.8, 4) is 0 Å². The Morgan fingerprint density at radius 2 is 1.74 bits per heavy atom. The Morgan fingerprint density at radius 1 is 1.00 bits per heavy atom. The first-order valence-corrected chi connectivity index (χ1v) is 15.4. The predicted octanol–water partition coefficient (Wildman–Crippen LogP) is 4.76. The van der Waals surface area contributed by atoms with Gasteiger partial charge in [0.2, 0.25) is 5.89 Å². The van der Waals surface area contributed by atoms with Crippen molar-refractivity contribution in [2.45, 2.75) is 126 Å². The summed E-state index contributed by atoms with van der Waals surface area (Å²) in [5.41, 5.74) is -0.277. The summed E-state index contributed by atoms with van der Waals surface area (Å²) in [4.78, 5) is 25.1. The molecular weight excluding hydrogens is 502 g/mol. The first-order chi connectivity index (χ1) is 18.6. The average Bonchev–Trinajstić information content (AvgIpc) is 3.59. The molecule has 0 bridgehead atoms. The molecule has 8 nitrogen and oxygen atoms in total. The number of piperazine rings is 1. The zero-order valence-electron chi connectivity index (χ0n) is 23.9. The second-order valence-electron chi connectivity index (χ2n) is 13.5. The zero-order chi connectivity index (χ0) is 27.4. The number of hydrogen-bond donors (Lipinski definition) is 1. The van der Waals surface area contributed by atoms with Gasteiger partial charge in [0.1, 0.15) is 6.04 Å². The van der Waals surface area contributed by atoms with Crippen LogP contribution in [0.5, 0.6) is 0 Å². The van der Waals surface area contributed by atoms with Crippen molar-refractivity contribution in [1.29, 1.82) is 0 Å². The molecule has 2 amide bonds. The number of carbonyl (C=O) groups excluding carboxylic acids is 1. The Bertz CT molecular complexity index is 1020. The van der Waals surface area contributed by atoms with Crippen LogP contribution in [0.3, 0.4) is 0 Å². The smallest absolute Gasteiger partial charge is 0.318 e. The monoisotopic (exact) mass is 548 g/mol. The number of nitrogens with one attached hydrogen (secondary N) is 1. The molecule has 0 radical (unpaired) electrons. The lowest BCUT2D eigenvalue weighted by molar-refractivity contribution is -0.0981. The summed E-state index contributed by atoms with van der Waals surface area (Å²) in [6.45, 7) is 10.4. The normalized spacial score (nSPS) is 34.7. The van der Waals surface area contributed by atoms with Gasteiger partial charge in [-0.3, -0.25) is 9.80 Å². The number of alkyl halides is 2. The summed E-state index contributed by atoms with van der Waals surface area (Å²) in [6.07, 6.45) is 8.01. The van der Waals surface area contributed by atoms with Gasteiger partial charge < -0.3 is 14.7 Å². The molecule has 1 N–H and O–H groups in total. The Hall–Kier alpha value is -1.81.